The van der Waals surface area contributed by atoms with Gasteiger partial charge in [-0.15, -0.1) is 0 Å². The number of nitrogens with one attached hydrogen (secondary N) is 8. The number of primary amides is 1. The Kier molecular flexibility index (Phi) is 24.3. The first-order valence-electron chi connectivity index (χ1n) is 32.3. The fourth-order valence-electron chi connectivity index (χ4n) is 12.7. The maximum absolute atomic E-state index is 15.1. The zero-order valence-electron chi connectivity index (χ0n) is 53.6. The molecule has 518 valence electrons. The summed E-state index contributed by atoms with van der Waals surface area (Å²) in [5.41, 5.74) is 6.76. The molecule has 0 spiro atoms. The number of hydrogen-bond acceptors (Lipinski definition) is 18. The second-order valence-corrected chi connectivity index (χ2v) is 25.1. The van der Waals surface area contributed by atoms with Crippen LogP contribution in [0.15, 0.2) is 72.8 Å². The molecule has 0 bridgehead atoms. The van der Waals surface area contributed by atoms with Crippen LogP contribution >= 0.6 is 0 Å². The lowest BCUT2D eigenvalue weighted by Gasteiger charge is -2.34. The minimum absolute atomic E-state index is 0.00677. The van der Waals surface area contributed by atoms with Gasteiger partial charge in [0.2, 0.25) is 76.8 Å². The molecule has 96 heavy (non-hydrogen) atoms. The predicted octanol–water partition coefficient (Wildman–Crippen LogP) is -3.63. The van der Waals surface area contributed by atoms with Crippen LogP contribution in [0.4, 0.5) is 0 Å². The highest BCUT2D eigenvalue weighted by Gasteiger charge is 2.46. The molecule has 8 rings (SSSR count). The molecular formula is C65H85N13O18. The molecule has 13 atom stereocenters. The Labute approximate surface area is 553 Å². The van der Waals surface area contributed by atoms with Crippen molar-refractivity contribution in [1.29, 1.82) is 0 Å². The number of phenols is 3. The number of nitrogens with zero attached hydrogens (tertiary/aromatic N) is 4. The van der Waals surface area contributed by atoms with Crippen molar-refractivity contribution < 1.29 is 87.9 Å². The lowest BCUT2D eigenvalue weighted by atomic mass is 10.0. The van der Waals surface area contributed by atoms with E-state index in [1.165, 1.54) is 103 Å². The van der Waals surface area contributed by atoms with Crippen molar-refractivity contribution in [2.45, 2.75) is 183 Å². The molecule has 15 N–H and O–H groups in total. The van der Waals surface area contributed by atoms with Gasteiger partial charge >= 0.3 is 0 Å². The highest BCUT2D eigenvalue weighted by molar-refractivity contribution is 6.01. The van der Waals surface area contributed by atoms with Crippen molar-refractivity contribution in [1.82, 2.24) is 62.1 Å². The summed E-state index contributed by atoms with van der Waals surface area (Å²) in [6.07, 6.45) is -3.45. The highest BCUT2D eigenvalue weighted by Crippen LogP contribution is 2.28. The van der Waals surface area contributed by atoms with Crippen molar-refractivity contribution in [3.63, 3.8) is 0 Å². The van der Waals surface area contributed by atoms with Gasteiger partial charge in [0.25, 0.3) is 0 Å². The maximum Gasteiger partial charge on any atom is 0.248 e. The fraction of sp³-hybridized carbons (Fsp3) is 0.523. The Hall–Kier alpha value is -9.91. The summed E-state index contributed by atoms with van der Waals surface area (Å²) in [4.78, 5) is 190. The third-order valence-electron chi connectivity index (χ3n) is 18.0. The van der Waals surface area contributed by atoms with Gasteiger partial charge in [0.15, 0.2) is 0 Å². The van der Waals surface area contributed by atoms with E-state index in [4.69, 9.17) is 5.73 Å². The van der Waals surface area contributed by atoms with Crippen LogP contribution < -0.4 is 48.3 Å². The molecule has 5 fully saturated rings. The van der Waals surface area contributed by atoms with E-state index in [-0.39, 0.29) is 101 Å². The van der Waals surface area contributed by atoms with Gasteiger partial charge in [-0.2, -0.15) is 0 Å². The zero-order chi connectivity index (χ0) is 69.7. The van der Waals surface area contributed by atoms with Crippen molar-refractivity contribution in [3.05, 3.63) is 89.5 Å². The molecule has 5 aliphatic rings. The van der Waals surface area contributed by atoms with Crippen molar-refractivity contribution >= 4 is 76.8 Å². The normalized spacial score (nSPS) is 27.5. The lowest BCUT2D eigenvalue weighted by Crippen LogP contribution is -2.62. The van der Waals surface area contributed by atoms with E-state index in [0.29, 0.717) is 29.5 Å². The van der Waals surface area contributed by atoms with Crippen LogP contribution in [0, 0.1) is 0 Å². The molecule has 0 saturated carbocycles. The van der Waals surface area contributed by atoms with E-state index in [1.807, 2.05) is 0 Å². The van der Waals surface area contributed by atoms with Gasteiger partial charge in [-0.25, -0.2) is 0 Å². The number of nitrogens with two attached hydrogens (primary N) is 1. The molecule has 5 saturated heterocycles. The van der Waals surface area contributed by atoms with Gasteiger partial charge in [0.05, 0.1) is 18.8 Å². The molecule has 0 radical (unpaired) electrons. The SMILES string of the molecule is C[C@@H]1NC(=O)[C@@H]2CCCN2C(=O)C([C@@H](C)O)NC(=O)[C@H](Cc2ccc(O)cc2)NC(=O)[C@H](Cc2ccc(O)cc2)NC(=O)[C@@H]2CCCN2C(=O)[C@@H]2CCCN2C(=O)[C@H](Cc2ccc(O)cc2)NC(=O)[C@H](CCC(N)=O)NC(=O)[C@H]([C@@H](C)O)NC(=O)[C@@H]2CCCN2C(=O)CNC1=O. The van der Waals surface area contributed by atoms with Crippen LogP contribution in [-0.2, 0) is 81.6 Å². The number of benzene rings is 3. The number of fused-ring (bicyclic) bond motifs is 4. The third-order valence-corrected chi connectivity index (χ3v) is 18.0. The minimum Gasteiger partial charge on any atom is -0.508 e. The summed E-state index contributed by atoms with van der Waals surface area (Å²) in [6.45, 7) is 3.07. The van der Waals surface area contributed by atoms with Gasteiger partial charge in [-0.05, 0) is 132 Å². The summed E-state index contributed by atoms with van der Waals surface area (Å²) >= 11 is 0. The zero-order valence-corrected chi connectivity index (χ0v) is 53.6. The average molecular weight is 1340 g/mol. The van der Waals surface area contributed by atoms with Gasteiger partial charge in [-0.3, -0.25) is 62.3 Å². The molecule has 3 aromatic rings. The smallest absolute Gasteiger partial charge is 0.248 e. The monoisotopic (exact) mass is 1340 g/mol. The van der Waals surface area contributed by atoms with Crippen molar-refractivity contribution in [3.8, 4) is 17.2 Å². The molecular weight excluding hydrogens is 1250 g/mol. The Balaban J connectivity index is 1.13. The van der Waals surface area contributed by atoms with Crippen LogP contribution in [0.3, 0.4) is 0 Å². The van der Waals surface area contributed by atoms with E-state index in [0.717, 1.165) is 9.80 Å². The second-order valence-electron chi connectivity index (χ2n) is 25.1. The number of aromatic hydroxyl groups is 3. The van der Waals surface area contributed by atoms with Crippen molar-refractivity contribution in [2.75, 3.05) is 32.7 Å². The Morgan fingerprint density at radius 2 is 0.802 bits per heavy atom. The number of phenolic OH excluding ortho intramolecular Hbond substituents is 3. The summed E-state index contributed by atoms with van der Waals surface area (Å²) in [7, 11) is 0. The van der Waals surface area contributed by atoms with Crippen molar-refractivity contribution in [2.24, 2.45) is 5.73 Å². The van der Waals surface area contributed by atoms with Gasteiger partial charge < -0.3 is 93.4 Å². The lowest BCUT2D eigenvalue weighted by molar-refractivity contribution is -0.148. The predicted molar refractivity (Wildman–Crippen MR) is 338 cm³/mol. The molecule has 0 aromatic heterocycles. The average Bonchev–Trinajstić information content (AvgIpc) is 1.60. The first kappa shape index (κ1) is 71.9. The van der Waals surface area contributed by atoms with Gasteiger partial charge in [0.1, 0.15) is 83.7 Å². The molecule has 0 aliphatic carbocycles. The Morgan fingerprint density at radius 1 is 0.438 bits per heavy atom. The Morgan fingerprint density at radius 3 is 1.29 bits per heavy atom. The van der Waals surface area contributed by atoms with E-state index in [1.54, 1.807) is 0 Å². The summed E-state index contributed by atoms with van der Waals surface area (Å²) in [5.74, 6) is -11.7. The molecule has 13 amide bonds. The summed E-state index contributed by atoms with van der Waals surface area (Å²) in [5, 5.41) is 73.2. The number of rotatable bonds is 11. The first-order chi connectivity index (χ1) is 45.7. The minimum atomic E-state index is -1.79. The molecule has 5 heterocycles. The second kappa shape index (κ2) is 32.5. The number of amides is 13. The van der Waals surface area contributed by atoms with E-state index in [2.05, 4.69) is 42.5 Å². The fourth-order valence-corrected chi connectivity index (χ4v) is 12.7. The quantitative estimate of drug-likeness (QED) is 0.0881. The van der Waals surface area contributed by atoms with Crippen LogP contribution in [-0.4, -0.2) is 233 Å². The molecule has 3 aromatic carbocycles. The van der Waals surface area contributed by atoms with Crippen LogP contribution in [0.25, 0.3) is 0 Å². The maximum atomic E-state index is 15.1. The summed E-state index contributed by atoms with van der Waals surface area (Å²) < 4.78 is 0. The largest absolute Gasteiger partial charge is 0.508 e. The summed E-state index contributed by atoms with van der Waals surface area (Å²) in [6, 6.07) is 0.947. The number of carbonyl (C=O) groups is 13. The molecule has 31 nitrogen and oxygen atoms in total. The van der Waals surface area contributed by atoms with Crippen LogP contribution in [0.1, 0.15) is 102 Å². The van der Waals surface area contributed by atoms with E-state index in [9.17, 15) is 78.3 Å². The van der Waals surface area contributed by atoms with Crippen LogP contribution in [0.2, 0.25) is 0 Å². The molecule has 31 heteroatoms. The number of aliphatic hydroxyl groups is 2. The van der Waals surface area contributed by atoms with Gasteiger partial charge in [0, 0.05) is 51.9 Å². The molecule has 1 unspecified atom stereocenters. The molecule has 5 aliphatic heterocycles. The number of aliphatic hydroxyl groups excluding tert-OH is 2. The number of hydrogen-bond donors (Lipinski definition) is 14. The van der Waals surface area contributed by atoms with E-state index < -0.39 is 175 Å². The standard InChI is InChI=1S/C65H85N13O18/c1-34-55(86)67-33-52(85)75-26-4-8-47(75)61(92)73-53(35(2)79)62(93)69-43(24-25-51(66)84)56(87)72-46(32-39-16-22-42(83)23-17-39)63(94)78-29-7-11-50(78)64(95)76-27-5-10-49(76)60(91)71-44(30-37-12-18-40(81)19-13-37)57(88)70-45(31-38-14-20-41(82)21-15-38)58(89)74-54(36(3)80)65(96)77-28-6-9-48(77)59(90)68-34/h12-23,34-36,43-50,53-54,79-83H,4-11,24-33H2,1-3H3,(H2,66,84)(H,67,86)(H,68,90)(H,69,93)(H,70,88)(H,71,91)(H,72,87)(H,73,92)(H,74,89)/t34-,35+,36+,43-,44-,45-,46-,47-,48-,49-,50-,53-,54?/m0/s1. The number of carbonyl (C=O) groups excluding carboxylic acids is 13. The van der Waals surface area contributed by atoms with Crippen LogP contribution in [0.5, 0.6) is 17.2 Å². The van der Waals surface area contributed by atoms with Gasteiger partial charge in [-0.1, -0.05) is 36.4 Å². The topological polar surface area (TPSA) is 458 Å². The third kappa shape index (κ3) is 18.3. The van der Waals surface area contributed by atoms with E-state index >= 15 is 9.59 Å². The first-order valence-corrected chi connectivity index (χ1v) is 32.3. The Bertz CT molecular complexity index is 3390. The highest BCUT2D eigenvalue weighted by atomic mass is 16.3.